The van der Waals surface area contributed by atoms with Crippen molar-refractivity contribution < 1.29 is 13.9 Å². The minimum absolute atomic E-state index is 0.0508. The molecule has 3 rings (SSSR count). The van der Waals surface area contributed by atoms with Gasteiger partial charge in [-0.15, -0.1) is 0 Å². The highest BCUT2D eigenvalue weighted by Gasteiger charge is 2.27. The van der Waals surface area contributed by atoms with Crippen molar-refractivity contribution >= 4 is 5.91 Å². The van der Waals surface area contributed by atoms with Gasteiger partial charge in [-0.3, -0.25) is 9.59 Å². The molecule has 1 atom stereocenters. The van der Waals surface area contributed by atoms with E-state index in [0.717, 1.165) is 11.3 Å². The van der Waals surface area contributed by atoms with Crippen LogP contribution >= 0.6 is 0 Å². The first-order chi connectivity index (χ1) is 12.0. The number of aromatic amines is 1. The van der Waals surface area contributed by atoms with Crippen molar-refractivity contribution in [3.63, 3.8) is 0 Å². The van der Waals surface area contributed by atoms with E-state index in [1.165, 1.54) is 19.5 Å². The predicted molar refractivity (Wildman–Crippen MR) is 89.8 cm³/mol. The number of nitrogens with zero attached hydrogens (tertiary/aromatic N) is 2. The standard InChI is InChI=1S/C18H20FN3O3/c1-11(7-12-3-4-16(25-2)14(19)8-12)18(24)22-6-5-15-13(9-22)17(23)21-10-20-15/h3-4,8,10-11H,5-7,9H2,1-2H3,(H,20,21,23). The molecule has 1 aliphatic rings. The minimum Gasteiger partial charge on any atom is -0.494 e. The summed E-state index contributed by atoms with van der Waals surface area (Å²) < 4.78 is 18.7. The van der Waals surface area contributed by atoms with Gasteiger partial charge < -0.3 is 14.6 Å². The Morgan fingerprint density at radius 2 is 2.28 bits per heavy atom. The molecule has 1 aromatic heterocycles. The van der Waals surface area contributed by atoms with Crippen molar-refractivity contribution in [2.24, 2.45) is 5.92 Å². The molecule has 1 aliphatic heterocycles. The first kappa shape index (κ1) is 17.1. The zero-order chi connectivity index (χ0) is 18.0. The first-order valence-electron chi connectivity index (χ1n) is 8.16. The molecule has 1 unspecified atom stereocenters. The monoisotopic (exact) mass is 345 g/mol. The number of carbonyl (C=O) groups is 1. The van der Waals surface area contributed by atoms with Gasteiger partial charge in [0.25, 0.3) is 5.56 Å². The number of methoxy groups -OCH3 is 1. The Bertz CT molecular complexity index is 850. The van der Waals surface area contributed by atoms with Crippen LogP contribution in [0.25, 0.3) is 0 Å². The molecule has 132 valence electrons. The van der Waals surface area contributed by atoms with Gasteiger partial charge in [-0.25, -0.2) is 9.37 Å². The molecular formula is C18H20FN3O3. The third kappa shape index (κ3) is 3.55. The Hall–Kier alpha value is -2.70. The fraction of sp³-hybridized carbons (Fsp3) is 0.389. The van der Waals surface area contributed by atoms with E-state index >= 15 is 0 Å². The van der Waals surface area contributed by atoms with Crippen LogP contribution < -0.4 is 10.3 Å². The molecule has 7 heteroatoms. The van der Waals surface area contributed by atoms with Crippen LogP contribution in [0, 0.1) is 11.7 Å². The van der Waals surface area contributed by atoms with E-state index in [0.29, 0.717) is 24.9 Å². The number of hydrogen-bond acceptors (Lipinski definition) is 4. The molecule has 2 aromatic rings. The summed E-state index contributed by atoms with van der Waals surface area (Å²) in [6.07, 6.45) is 2.38. The van der Waals surface area contributed by atoms with Gasteiger partial charge in [0.2, 0.25) is 5.91 Å². The molecule has 0 bridgehead atoms. The summed E-state index contributed by atoms with van der Waals surface area (Å²) >= 11 is 0. The molecule has 6 nitrogen and oxygen atoms in total. The van der Waals surface area contributed by atoms with E-state index in [-0.39, 0.29) is 29.7 Å². The Kier molecular flexibility index (Phi) is 4.83. The first-order valence-corrected chi connectivity index (χ1v) is 8.16. The molecule has 0 aliphatic carbocycles. The molecule has 0 fully saturated rings. The third-order valence-electron chi connectivity index (χ3n) is 4.50. The Labute approximate surface area is 144 Å². The largest absolute Gasteiger partial charge is 0.494 e. The smallest absolute Gasteiger partial charge is 0.255 e. The summed E-state index contributed by atoms with van der Waals surface area (Å²) in [5.41, 5.74) is 1.82. The molecule has 1 N–H and O–H groups in total. The van der Waals surface area contributed by atoms with E-state index < -0.39 is 5.82 Å². The topological polar surface area (TPSA) is 75.3 Å². The number of halogens is 1. The predicted octanol–water partition coefficient (Wildman–Crippen LogP) is 1.68. The maximum atomic E-state index is 13.8. The highest BCUT2D eigenvalue weighted by molar-refractivity contribution is 5.79. The number of H-pyrrole nitrogens is 1. The fourth-order valence-electron chi connectivity index (χ4n) is 3.13. The fourth-order valence-corrected chi connectivity index (χ4v) is 3.13. The maximum absolute atomic E-state index is 13.8. The zero-order valence-corrected chi connectivity index (χ0v) is 14.2. The number of rotatable bonds is 4. The van der Waals surface area contributed by atoms with Crippen molar-refractivity contribution in [2.45, 2.75) is 26.3 Å². The van der Waals surface area contributed by atoms with E-state index in [2.05, 4.69) is 9.97 Å². The molecule has 0 saturated heterocycles. The Morgan fingerprint density at radius 3 is 3.00 bits per heavy atom. The van der Waals surface area contributed by atoms with Crippen LogP contribution in [0.5, 0.6) is 5.75 Å². The van der Waals surface area contributed by atoms with Gasteiger partial charge in [0, 0.05) is 18.9 Å². The van der Waals surface area contributed by atoms with Crippen LogP contribution in [0.4, 0.5) is 4.39 Å². The number of fused-ring (bicyclic) bond motifs is 1. The third-order valence-corrected chi connectivity index (χ3v) is 4.50. The highest BCUT2D eigenvalue weighted by Crippen LogP contribution is 2.21. The van der Waals surface area contributed by atoms with Crippen LogP contribution in [0.1, 0.15) is 23.7 Å². The number of aromatic nitrogens is 2. The molecular weight excluding hydrogens is 325 g/mol. The van der Waals surface area contributed by atoms with Crippen LogP contribution in [0.15, 0.2) is 29.3 Å². The van der Waals surface area contributed by atoms with Gasteiger partial charge >= 0.3 is 0 Å². The molecule has 0 spiro atoms. The Morgan fingerprint density at radius 1 is 1.48 bits per heavy atom. The summed E-state index contributed by atoms with van der Waals surface area (Å²) in [6, 6.07) is 4.71. The van der Waals surface area contributed by atoms with Gasteiger partial charge in [0.15, 0.2) is 11.6 Å². The summed E-state index contributed by atoms with van der Waals surface area (Å²) in [6.45, 7) is 2.61. The second kappa shape index (κ2) is 7.04. The Balaban J connectivity index is 1.70. The lowest BCUT2D eigenvalue weighted by Crippen LogP contribution is -2.42. The molecule has 2 heterocycles. The minimum atomic E-state index is -0.441. The van der Waals surface area contributed by atoms with Gasteiger partial charge in [-0.1, -0.05) is 13.0 Å². The number of benzene rings is 1. The van der Waals surface area contributed by atoms with Crippen molar-refractivity contribution in [3.8, 4) is 5.75 Å². The van der Waals surface area contributed by atoms with E-state index in [1.54, 1.807) is 17.0 Å². The van der Waals surface area contributed by atoms with Crippen LogP contribution in [-0.4, -0.2) is 34.4 Å². The molecule has 1 aromatic carbocycles. The van der Waals surface area contributed by atoms with Gasteiger partial charge in [-0.2, -0.15) is 0 Å². The van der Waals surface area contributed by atoms with Gasteiger partial charge in [0.05, 0.1) is 31.2 Å². The number of nitrogens with one attached hydrogen (secondary N) is 1. The lowest BCUT2D eigenvalue weighted by Gasteiger charge is -2.29. The van der Waals surface area contributed by atoms with Crippen LogP contribution in [0.2, 0.25) is 0 Å². The second-order valence-corrected chi connectivity index (χ2v) is 6.24. The quantitative estimate of drug-likeness (QED) is 0.915. The normalized spacial score (nSPS) is 14.8. The summed E-state index contributed by atoms with van der Waals surface area (Å²) in [5, 5.41) is 0. The molecule has 25 heavy (non-hydrogen) atoms. The van der Waals surface area contributed by atoms with E-state index in [1.807, 2.05) is 6.92 Å². The number of amides is 1. The molecule has 1 amide bonds. The number of carbonyl (C=O) groups excluding carboxylic acids is 1. The van der Waals surface area contributed by atoms with Crippen molar-refractivity contribution in [1.82, 2.24) is 14.9 Å². The second-order valence-electron chi connectivity index (χ2n) is 6.24. The molecule has 0 radical (unpaired) electrons. The number of ether oxygens (including phenoxy) is 1. The zero-order valence-electron chi connectivity index (χ0n) is 14.2. The van der Waals surface area contributed by atoms with E-state index in [4.69, 9.17) is 4.74 Å². The lowest BCUT2D eigenvalue weighted by molar-refractivity contribution is -0.135. The average molecular weight is 345 g/mol. The summed E-state index contributed by atoms with van der Waals surface area (Å²) in [4.78, 5) is 33.0. The highest BCUT2D eigenvalue weighted by atomic mass is 19.1. The lowest BCUT2D eigenvalue weighted by atomic mass is 9.98. The van der Waals surface area contributed by atoms with Crippen molar-refractivity contribution in [3.05, 3.63) is 57.5 Å². The summed E-state index contributed by atoms with van der Waals surface area (Å²) in [5.74, 6) is -0.624. The maximum Gasteiger partial charge on any atom is 0.255 e. The molecule has 0 saturated carbocycles. The summed E-state index contributed by atoms with van der Waals surface area (Å²) in [7, 11) is 1.41. The van der Waals surface area contributed by atoms with Crippen LogP contribution in [-0.2, 0) is 24.2 Å². The number of hydrogen-bond donors (Lipinski definition) is 1. The van der Waals surface area contributed by atoms with Gasteiger partial charge in [-0.05, 0) is 24.1 Å². The average Bonchev–Trinajstić information content (AvgIpc) is 2.61. The van der Waals surface area contributed by atoms with Crippen LogP contribution in [0.3, 0.4) is 0 Å². The van der Waals surface area contributed by atoms with Gasteiger partial charge in [0.1, 0.15) is 0 Å². The van der Waals surface area contributed by atoms with Crippen molar-refractivity contribution in [1.29, 1.82) is 0 Å². The van der Waals surface area contributed by atoms with E-state index in [9.17, 15) is 14.0 Å². The van der Waals surface area contributed by atoms with Crippen molar-refractivity contribution in [2.75, 3.05) is 13.7 Å². The SMILES string of the molecule is COc1ccc(CC(C)C(=O)N2CCc3nc[nH]c(=O)c3C2)cc1F.